The van der Waals surface area contributed by atoms with Gasteiger partial charge in [0.2, 0.25) is 0 Å². The molecule has 4 heteroatoms. The summed E-state index contributed by atoms with van der Waals surface area (Å²) in [5.74, 6) is 1.46. The van der Waals surface area contributed by atoms with Gasteiger partial charge in [0.15, 0.2) is 0 Å². The van der Waals surface area contributed by atoms with Gasteiger partial charge in [0.25, 0.3) is 0 Å². The number of aryl methyl sites for hydroxylation is 1. The molecule has 21 heavy (non-hydrogen) atoms. The standard InChI is InChI=1S/C17H18NO2.Rh/c1-20-15-6-7-16(17(18)10-15)13-3-2-12-9-14(19)5-4-11(12)8-13;/h4-7,9-10,13,18-19H,2-3,8H2,1H3;/q-1;. The third-order valence-corrected chi connectivity index (χ3v) is 4.12. The van der Waals surface area contributed by atoms with E-state index in [-0.39, 0.29) is 19.5 Å². The maximum Gasteiger partial charge on any atom is 0.117 e. The smallest absolute Gasteiger partial charge is 0.117 e. The molecule has 2 aromatic carbocycles. The summed E-state index contributed by atoms with van der Waals surface area (Å²) in [6, 6.07) is 11.3. The molecule has 0 aliphatic heterocycles. The number of aromatic hydroxyl groups is 1. The van der Waals surface area contributed by atoms with Gasteiger partial charge in [-0.3, -0.25) is 0 Å². The predicted octanol–water partition coefficient (Wildman–Crippen LogP) is 4.35. The van der Waals surface area contributed by atoms with Crippen molar-refractivity contribution in [2.24, 2.45) is 0 Å². The van der Waals surface area contributed by atoms with Gasteiger partial charge >= 0.3 is 0 Å². The topological polar surface area (TPSA) is 53.3 Å². The van der Waals surface area contributed by atoms with E-state index < -0.39 is 0 Å². The molecule has 1 unspecified atom stereocenters. The summed E-state index contributed by atoms with van der Waals surface area (Å²) in [7, 11) is 1.62. The van der Waals surface area contributed by atoms with Gasteiger partial charge in [0.1, 0.15) is 11.5 Å². The number of methoxy groups -OCH3 is 1. The van der Waals surface area contributed by atoms with E-state index in [1.54, 1.807) is 19.2 Å². The van der Waals surface area contributed by atoms with Crippen LogP contribution in [0.1, 0.15) is 29.0 Å². The van der Waals surface area contributed by atoms with E-state index in [1.165, 1.54) is 11.1 Å². The second-order valence-corrected chi connectivity index (χ2v) is 5.35. The quantitative estimate of drug-likeness (QED) is 0.798. The minimum absolute atomic E-state index is 0. The van der Waals surface area contributed by atoms with Gasteiger partial charge in [-0.15, -0.1) is 5.69 Å². The van der Waals surface area contributed by atoms with Crippen LogP contribution in [-0.2, 0) is 32.3 Å². The Morgan fingerprint density at radius 3 is 2.67 bits per heavy atom. The molecule has 0 aromatic heterocycles. The van der Waals surface area contributed by atoms with Crippen LogP contribution in [0, 0.1) is 0 Å². The second-order valence-electron chi connectivity index (χ2n) is 5.35. The molecule has 0 bridgehead atoms. The first-order chi connectivity index (χ1) is 9.67. The molecule has 0 saturated heterocycles. The Labute approximate surface area is 137 Å². The zero-order chi connectivity index (χ0) is 14.1. The summed E-state index contributed by atoms with van der Waals surface area (Å²) in [4.78, 5) is 0. The molecule has 113 valence electrons. The second kappa shape index (κ2) is 6.49. The van der Waals surface area contributed by atoms with E-state index in [0.29, 0.717) is 17.4 Å². The summed E-state index contributed by atoms with van der Waals surface area (Å²) in [6.45, 7) is 0. The fourth-order valence-electron chi connectivity index (χ4n) is 3.03. The van der Waals surface area contributed by atoms with Crippen molar-refractivity contribution in [2.75, 3.05) is 7.11 Å². The van der Waals surface area contributed by atoms with Crippen molar-refractivity contribution in [1.29, 1.82) is 0 Å². The molecule has 0 fully saturated rings. The Balaban J connectivity index is 0.00000161. The molecular weight excluding hydrogens is 353 g/mol. The minimum Gasteiger partial charge on any atom is -0.698 e. The number of hydrogen-bond acceptors (Lipinski definition) is 2. The number of nitrogens with one attached hydrogen (secondary N) is 1. The molecule has 1 radical (unpaired) electrons. The van der Waals surface area contributed by atoms with Crippen LogP contribution in [0.15, 0.2) is 36.4 Å². The van der Waals surface area contributed by atoms with E-state index >= 15 is 0 Å². The zero-order valence-corrected chi connectivity index (χ0v) is 13.5. The van der Waals surface area contributed by atoms with Gasteiger partial charge in [0, 0.05) is 19.5 Å². The van der Waals surface area contributed by atoms with Crippen molar-refractivity contribution in [3.8, 4) is 11.5 Å². The zero-order valence-electron chi connectivity index (χ0n) is 11.9. The molecule has 0 amide bonds. The summed E-state index contributed by atoms with van der Waals surface area (Å²) >= 11 is 0. The molecule has 2 aromatic rings. The molecule has 1 aliphatic rings. The van der Waals surface area contributed by atoms with Crippen LogP contribution in [0.25, 0.3) is 5.73 Å². The van der Waals surface area contributed by atoms with Gasteiger partial charge in [-0.2, -0.15) is 0 Å². The van der Waals surface area contributed by atoms with Gasteiger partial charge in [0.05, 0.1) is 7.11 Å². The Morgan fingerprint density at radius 2 is 1.95 bits per heavy atom. The monoisotopic (exact) mass is 371 g/mol. The van der Waals surface area contributed by atoms with Gasteiger partial charge in [-0.25, -0.2) is 0 Å². The van der Waals surface area contributed by atoms with Crippen molar-refractivity contribution >= 4 is 5.69 Å². The van der Waals surface area contributed by atoms with E-state index in [2.05, 4.69) is 0 Å². The molecule has 3 rings (SSSR count). The number of rotatable bonds is 2. The predicted molar refractivity (Wildman–Crippen MR) is 79.8 cm³/mol. The largest absolute Gasteiger partial charge is 0.698 e. The molecule has 1 atom stereocenters. The third kappa shape index (κ3) is 3.21. The van der Waals surface area contributed by atoms with Gasteiger partial charge in [-0.1, -0.05) is 17.7 Å². The average Bonchev–Trinajstić information content (AvgIpc) is 2.46. The third-order valence-electron chi connectivity index (χ3n) is 4.12. The van der Waals surface area contributed by atoms with Crippen molar-refractivity contribution < 1.29 is 29.3 Å². The molecule has 3 nitrogen and oxygen atoms in total. The van der Waals surface area contributed by atoms with Crippen LogP contribution < -0.4 is 4.74 Å². The number of benzene rings is 2. The van der Waals surface area contributed by atoms with Crippen molar-refractivity contribution in [3.05, 3.63) is 58.8 Å². The fraction of sp³-hybridized carbons (Fsp3) is 0.294. The van der Waals surface area contributed by atoms with E-state index in [1.807, 2.05) is 24.3 Å². The average molecular weight is 371 g/mol. The fourth-order valence-corrected chi connectivity index (χ4v) is 3.03. The summed E-state index contributed by atoms with van der Waals surface area (Å²) < 4.78 is 5.16. The number of phenolic OH excluding ortho intramolecular Hbond substituents is 1. The molecule has 0 saturated carbocycles. The number of fused-ring (bicyclic) bond motifs is 1. The molecule has 1 aliphatic carbocycles. The Morgan fingerprint density at radius 1 is 1.14 bits per heavy atom. The van der Waals surface area contributed by atoms with E-state index in [9.17, 15) is 5.11 Å². The number of ether oxygens (including phenoxy) is 1. The van der Waals surface area contributed by atoms with Crippen LogP contribution in [0.5, 0.6) is 11.5 Å². The molecule has 0 heterocycles. The van der Waals surface area contributed by atoms with Gasteiger partial charge < -0.3 is 15.6 Å². The normalized spacial score (nSPS) is 16.7. The Bertz CT molecular complexity index is 643. The molecular formula is C17H18NO2Rh-. The van der Waals surface area contributed by atoms with Crippen LogP contribution in [-0.4, -0.2) is 12.2 Å². The van der Waals surface area contributed by atoms with Crippen LogP contribution in [0.4, 0.5) is 5.69 Å². The number of phenols is 1. The van der Waals surface area contributed by atoms with Gasteiger partial charge in [-0.05, 0) is 60.6 Å². The number of hydrogen-bond donors (Lipinski definition) is 1. The molecule has 0 spiro atoms. The summed E-state index contributed by atoms with van der Waals surface area (Å²) in [5, 5.41) is 9.53. The van der Waals surface area contributed by atoms with Crippen molar-refractivity contribution in [1.82, 2.24) is 0 Å². The summed E-state index contributed by atoms with van der Waals surface area (Å²) in [6.07, 6.45) is 2.92. The first-order valence-corrected chi connectivity index (χ1v) is 6.87. The summed E-state index contributed by atoms with van der Waals surface area (Å²) in [5.41, 5.74) is 12.3. The van der Waals surface area contributed by atoms with Crippen LogP contribution >= 0.6 is 0 Å². The minimum atomic E-state index is 0. The van der Waals surface area contributed by atoms with E-state index in [0.717, 1.165) is 30.6 Å². The van der Waals surface area contributed by atoms with Crippen molar-refractivity contribution in [3.63, 3.8) is 0 Å². The maximum absolute atomic E-state index is 9.53. The van der Waals surface area contributed by atoms with Crippen LogP contribution in [0.3, 0.4) is 0 Å². The maximum atomic E-state index is 9.53. The first kappa shape index (κ1) is 15.8. The first-order valence-electron chi connectivity index (χ1n) is 6.87. The molecule has 2 N–H and O–H groups in total. The van der Waals surface area contributed by atoms with Crippen molar-refractivity contribution in [2.45, 2.75) is 25.2 Å². The van der Waals surface area contributed by atoms with Crippen LogP contribution in [0.2, 0.25) is 0 Å². The SMILES string of the molecule is COc1ccc(C2CCc3cc(O)ccc3C2)c([NH-])c1.[Rh]. The Hall–Kier alpha value is -1.54. The van der Waals surface area contributed by atoms with E-state index in [4.69, 9.17) is 10.5 Å². The Kier molecular flexibility index (Phi) is 4.89.